The number of rotatable bonds is 5. The van der Waals surface area contributed by atoms with Crippen molar-refractivity contribution in [3.63, 3.8) is 0 Å². The Balaban J connectivity index is 2.20. The van der Waals surface area contributed by atoms with Crippen molar-refractivity contribution in [1.29, 1.82) is 0 Å². The molecule has 0 fully saturated rings. The zero-order valence-corrected chi connectivity index (χ0v) is 11.9. The highest BCUT2D eigenvalue weighted by atomic mass is 79.9. The Morgan fingerprint density at radius 1 is 1.53 bits per heavy atom. The topological polar surface area (TPSA) is 74.2 Å². The molecule has 0 amide bonds. The van der Waals surface area contributed by atoms with Crippen LogP contribution in [0, 0.1) is 5.82 Å². The van der Waals surface area contributed by atoms with E-state index < -0.39 is 0 Å². The molecular formula is C12H13BrFN3O2. The Labute approximate surface area is 118 Å². The second kappa shape index (κ2) is 6.23. The van der Waals surface area contributed by atoms with Crippen LogP contribution < -0.4 is 5.73 Å². The van der Waals surface area contributed by atoms with Crippen LogP contribution in [0.25, 0.3) is 11.4 Å². The van der Waals surface area contributed by atoms with Crippen molar-refractivity contribution in [2.24, 2.45) is 5.73 Å². The van der Waals surface area contributed by atoms with E-state index in [9.17, 15) is 4.39 Å². The van der Waals surface area contributed by atoms with Gasteiger partial charge in [0.15, 0.2) is 0 Å². The van der Waals surface area contributed by atoms with E-state index in [1.54, 1.807) is 13.2 Å². The van der Waals surface area contributed by atoms with Crippen LogP contribution in [0.4, 0.5) is 4.39 Å². The Morgan fingerprint density at radius 3 is 2.95 bits per heavy atom. The maximum absolute atomic E-state index is 13.0. The molecule has 19 heavy (non-hydrogen) atoms. The Bertz CT molecular complexity index is 558. The Kier molecular flexibility index (Phi) is 4.62. The second-order valence-electron chi connectivity index (χ2n) is 3.93. The van der Waals surface area contributed by atoms with Gasteiger partial charge in [-0.2, -0.15) is 4.98 Å². The first-order valence-electron chi connectivity index (χ1n) is 5.65. The number of nitrogens with zero attached hydrogens (tertiary/aromatic N) is 2. The summed E-state index contributed by atoms with van der Waals surface area (Å²) in [5, 5.41) is 3.86. The molecule has 2 rings (SSSR count). The summed E-state index contributed by atoms with van der Waals surface area (Å²) in [6.07, 6.45) is 0.281. The number of hydrogen-bond donors (Lipinski definition) is 1. The smallest absolute Gasteiger partial charge is 0.229 e. The molecular weight excluding hydrogens is 317 g/mol. The molecule has 0 aliphatic rings. The highest BCUT2D eigenvalue weighted by Crippen LogP contribution is 2.26. The number of hydrogen-bond acceptors (Lipinski definition) is 5. The standard InChI is InChI=1S/C12H13BrFN3O2/c1-18-8(6-15)5-11-16-12(17-19-11)9-3-2-7(14)4-10(9)13/h2-4,8H,5-6,15H2,1H3. The van der Waals surface area contributed by atoms with E-state index in [0.717, 1.165) is 0 Å². The van der Waals surface area contributed by atoms with Crippen LogP contribution in [0.15, 0.2) is 27.2 Å². The van der Waals surface area contributed by atoms with Gasteiger partial charge in [-0.3, -0.25) is 0 Å². The summed E-state index contributed by atoms with van der Waals surface area (Å²) in [5.41, 5.74) is 6.19. The minimum absolute atomic E-state index is 0.162. The third kappa shape index (κ3) is 3.37. The molecule has 7 heteroatoms. The molecule has 1 aromatic carbocycles. The molecule has 0 bridgehead atoms. The van der Waals surface area contributed by atoms with Gasteiger partial charge in [-0.15, -0.1) is 0 Å². The van der Waals surface area contributed by atoms with Gasteiger partial charge in [0.25, 0.3) is 0 Å². The molecule has 2 N–H and O–H groups in total. The van der Waals surface area contributed by atoms with Gasteiger partial charge in [-0.1, -0.05) is 5.16 Å². The van der Waals surface area contributed by atoms with Crippen LogP contribution in [0.5, 0.6) is 0 Å². The molecule has 1 unspecified atom stereocenters. The monoisotopic (exact) mass is 329 g/mol. The number of aromatic nitrogens is 2. The molecule has 1 aromatic heterocycles. The predicted molar refractivity (Wildman–Crippen MR) is 70.9 cm³/mol. The van der Waals surface area contributed by atoms with Crippen molar-refractivity contribution >= 4 is 15.9 Å². The van der Waals surface area contributed by atoms with Crippen LogP contribution in [0.2, 0.25) is 0 Å². The maximum Gasteiger partial charge on any atom is 0.229 e. The second-order valence-corrected chi connectivity index (χ2v) is 4.79. The molecule has 1 atom stereocenters. The summed E-state index contributed by atoms with van der Waals surface area (Å²) in [6, 6.07) is 4.28. The predicted octanol–water partition coefficient (Wildman–Crippen LogP) is 2.15. The summed E-state index contributed by atoms with van der Waals surface area (Å²) in [4.78, 5) is 4.24. The average Bonchev–Trinajstić information content (AvgIpc) is 2.84. The van der Waals surface area contributed by atoms with E-state index >= 15 is 0 Å². The molecule has 0 saturated carbocycles. The SMILES string of the molecule is COC(CN)Cc1nc(-c2ccc(F)cc2Br)no1. The first kappa shape index (κ1) is 14.1. The molecule has 2 aromatic rings. The lowest BCUT2D eigenvalue weighted by atomic mass is 10.2. The normalized spacial score (nSPS) is 12.6. The summed E-state index contributed by atoms with van der Waals surface area (Å²) >= 11 is 3.26. The lowest BCUT2D eigenvalue weighted by molar-refractivity contribution is 0.102. The van der Waals surface area contributed by atoms with Crippen LogP contribution in [-0.4, -0.2) is 29.9 Å². The van der Waals surface area contributed by atoms with Gasteiger partial charge in [0.1, 0.15) is 5.82 Å². The van der Waals surface area contributed by atoms with Gasteiger partial charge < -0.3 is 15.0 Å². The Morgan fingerprint density at radius 2 is 2.32 bits per heavy atom. The van der Waals surface area contributed by atoms with Gasteiger partial charge in [0, 0.05) is 23.7 Å². The average molecular weight is 330 g/mol. The van der Waals surface area contributed by atoms with Gasteiger partial charge in [0.2, 0.25) is 11.7 Å². The van der Waals surface area contributed by atoms with Crippen molar-refractivity contribution < 1.29 is 13.7 Å². The van der Waals surface area contributed by atoms with E-state index in [1.807, 2.05) is 0 Å². The van der Waals surface area contributed by atoms with Crippen LogP contribution in [-0.2, 0) is 11.2 Å². The van der Waals surface area contributed by atoms with Crippen LogP contribution >= 0.6 is 15.9 Å². The lowest BCUT2D eigenvalue weighted by Crippen LogP contribution is -2.24. The van der Waals surface area contributed by atoms with Crippen molar-refractivity contribution in [2.45, 2.75) is 12.5 Å². The number of nitrogens with two attached hydrogens (primary N) is 1. The number of methoxy groups -OCH3 is 1. The summed E-state index contributed by atoms with van der Waals surface area (Å²) < 4.78 is 23.9. The minimum atomic E-state index is -0.332. The summed E-state index contributed by atoms with van der Waals surface area (Å²) in [5.74, 6) is 0.499. The van der Waals surface area contributed by atoms with Crippen molar-refractivity contribution in [3.05, 3.63) is 34.4 Å². The number of ether oxygens (including phenoxy) is 1. The third-order valence-corrected chi connectivity index (χ3v) is 3.29. The molecule has 0 radical (unpaired) electrons. The lowest BCUT2D eigenvalue weighted by Gasteiger charge is -2.08. The molecule has 0 saturated heterocycles. The highest BCUT2D eigenvalue weighted by molar-refractivity contribution is 9.10. The third-order valence-electron chi connectivity index (χ3n) is 2.64. The van der Waals surface area contributed by atoms with Gasteiger partial charge >= 0.3 is 0 Å². The molecule has 0 aliphatic carbocycles. The van der Waals surface area contributed by atoms with E-state index in [0.29, 0.717) is 34.7 Å². The summed E-state index contributed by atoms with van der Waals surface area (Å²) in [7, 11) is 1.57. The minimum Gasteiger partial charge on any atom is -0.380 e. The molecule has 102 valence electrons. The first-order chi connectivity index (χ1) is 9.13. The van der Waals surface area contributed by atoms with Gasteiger partial charge in [-0.25, -0.2) is 4.39 Å². The molecule has 0 spiro atoms. The van der Waals surface area contributed by atoms with Crippen molar-refractivity contribution in [3.8, 4) is 11.4 Å². The number of halogens is 2. The zero-order chi connectivity index (χ0) is 13.8. The maximum atomic E-state index is 13.0. The molecule has 1 heterocycles. The van der Waals surface area contributed by atoms with Gasteiger partial charge in [-0.05, 0) is 34.1 Å². The largest absolute Gasteiger partial charge is 0.380 e. The first-order valence-corrected chi connectivity index (χ1v) is 6.44. The van der Waals surface area contributed by atoms with Crippen LogP contribution in [0.3, 0.4) is 0 Å². The number of benzene rings is 1. The van der Waals surface area contributed by atoms with E-state index in [1.165, 1.54) is 12.1 Å². The molecule has 5 nitrogen and oxygen atoms in total. The van der Waals surface area contributed by atoms with E-state index in [-0.39, 0.29) is 11.9 Å². The Hall–Kier alpha value is -1.31. The zero-order valence-electron chi connectivity index (χ0n) is 10.3. The van der Waals surface area contributed by atoms with Crippen LogP contribution in [0.1, 0.15) is 5.89 Å². The fourth-order valence-electron chi connectivity index (χ4n) is 1.58. The van der Waals surface area contributed by atoms with E-state index in [2.05, 4.69) is 26.1 Å². The highest BCUT2D eigenvalue weighted by Gasteiger charge is 2.15. The fourth-order valence-corrected chi connectivity index (χ4v) is 2.10. The van der Waals surface area contributed by atoms with Crippen molar-refractivity contribution in [2.75, 3.05) is 13.7 Å². The van der Waals surface area contributed by atoms with Gasteiger partial charge in [0.05, 0.1) is 12.5 Å². The van der Waals surface area contributed by atoms with E-state index in [4.69, 9.17) is 15.0 Å². The molecule has 0 aliphatic heterocycles. The van der Waals surface area contributed by atoms with Crippen molar-refractivity contribution in [1.82, 2.24) is 10.1 Å². The quantitative estimate of drug-likeness (QED) is 0.909. The summed E-state index contributed by atoms with van der Waals surface area (Å²) in [6.45, 7) is 0.370. The fraction of sp³-hybridized carbons (Fsp3) is 0.333.